The number of hydrazone groups is 2. The minimum Gasteiger partial charge on any atom is -0.296 e. The van der Waals surface area contributed by atoms with E-state index in [1.807, 2.05) is 23.5 Å². The summed E-state index contributed by atoms with van der Waals surface area (Å²) in [6.07, 6.45) is 0.965. The SMILES string of the molecule is c1ccc(CSC2CC(SSC3=NNC(SCc4ccccc4)S3)=NN2)cc1. The lowest BCUT2D eigenvalue weighted by Crippen LogP contribution is -2.14. The Bertz CT molecular complexity index is 746. The molecule has 9 heteroatoms. The molecular formula is C19H20N4S5. The summed E-state index contributed by atoms with van der Waals surface area (Å²) < 4.78 is 1.35. The second-order valence-electron chi connectivity index (χ2n) is 6.04. The summed E-state index contributed by atoms with van der Waals surface area (Å²) in [6.45, 7) is 0. The molecule has 2 aliphatic rings. The fourth-order valence-electron chi connectivity index (χ4n) is 2.50. The Balaban J connectivity index is 1.12. The van der Waals surface area contributed by atoms with Crippen molar-refractivity contribution in [2.75, 3.05) is 0 Å². The van der Waals surface area contributed by atoms with Gasteiger partial charge in [-0.3, -0.25) is 10.9 Å². The summed E-state index contributed by atoms with van der Waals surface area (Å²) in [7, 11) is 3.41. The van der Waals surface area contributed by atoms with Crippen molar-refractivity contribution in [3.8, 4) is 0 Å². The molecule has 2 atom stereocenters. The van der Waals surface area contributed by atoms with E-state index in [1.165, 1.54) is 11.1 Å². The maximum Gasteiger partial charge on any atom is 0.163 e. The fourth-order valence-corrected chi connectivity index (χ4v) is 8.21. The van der Waals surface area contributed by atoms with Gasteiger partial charge in [-0.2, -0.15) is 10.2 Å². The van der Waals surface area contributed by atoms with E-state index in [0.717, 1.165) is 27.3 Å². The molecule has 2 N–H and O–H groups in total. The Morgan fingerprint density at radius 3 is 2.21 bits per heavy atom. The molecule has 2 unspecified atom stereocenters. The van der Waals surface area contributed by atoms with Gasteiger partial charge in [0, 0.05) is 17.9 Å². The van der Waals surface area contributed by atoms with Gasteiger partial charge in [0.25, 0.3) is 0 Å². The lowest BCUT2D eigenvalue weighted by Gasteiger charge is -2.09. The topological polar surface area (TPSA) is 48.8 Å². The summed E-state index contributed by atoms with van der Waals surface area (Å²) >= 11 is 5.56. The van der Waals surface area contributed by atoms with Crippen molar-refractivity contribution in [3.05, 3.63) is 71.8 Å². The van der Waals surface area contributed by atoms with E-state index < -0.39 is 0 Å². The Kier molecular flexibility index (Phi) is 7.85. The molecule has 2 aromatic rings. The number of hydrogen-bond acceptors (Lipinski definition) is 9. The second kappa shape index (κ2) is 10.8. The first-order valence-electron chi connectivity index (χ1n) is 8.83. The predicted molar refractivity (Wildman–Crippen MR) is 132 cm³/mol. The van der Waals surface area contributed by atoms with E-state index in [1.54, 1.807) is 33.3 Å². The lowest BCUT2D eigenvalue weighted by atomic mass is 10.2. The Hall–Kier alpha value is -0.870. The summed E-state index contributed by atoms with van der Waals surface area (Å²) in [6, 6.07) is 21.1. The maximum atomic E-state index is 4.48. The van der Waals surface area contributed by atoms with Gasteiger partial charge in [-0.25, -0.2) is 0 Å². The van der Waals surface area contributed by atoms with Crippen LogP contribution in [0.25, 0.3) is 0 Å². The third-order valence-electron chi connectivity index (χ3n) is 3.91. The first-order valence-corrected chi connectivity index (χ1v) is 14.0. The molecule has 4 rings (SSSR count). The summed E-state index contributed by atoms with van der Waals surface area (Å²) in [5.74, 6) is 2.00. The third-order valence-corrected chi connectivity index (χ3v) is 10.2. The van der Waals surface area contributed by atoms with Crippen molar-refractivity contribution in [2.24, 2.45) is 10.2 Å². The summed E-state index contributed by atoms with van der Waals surface area (Å²) in [4.78, 5) is 0. The molecule has 0 fully saturated rings. The molecule has 0 amide bonds. The monoisotopic (exact) mass is 464 g/mol. The number of thioether (sulfide) groups is 3. The van der Waals surface area contributed by atoms with Gasteiger partial charge in [0.05, 0.1) is 5.37 Å². The van der Waals surface area contributed by atoms with Gasteiger partial charge in [-0.05, 0) is 32.7 Å². The Morgan fingerprint density at radius 1 is 0.821 bits per heavy atom. The smallest absolute Gasteiger partial charge is 0.163 e. The largest absolute Gasteiger partial charge is 0.296 e. The van der Waals surface area contributed by atoms with E-state index in [9.17, 15) is 0 Å². The predicted octanol–water partition coefficient (Wildman–Crippen LogP) is 5.76. The zero-order valence-corrected chi connectivity index (χ0v) is 19.1. The van der Waals surface area contributed by atoms with Gasteiger partial charge < -0.3 is 0 Å². The fraction of sp³-hybridized carbons (Fsp3) is 0.263. The standard InChI is InChI=1S/C19H20N4S5/c1-3-7-14(8-4-1)12-24-16-11-17(21-20-16)27-28-19-23-22-18(26-19)25-13-15-9-5-2-6-10-15/h1-10,16,18,20,22H,11-13H2. The number of nitrogens with zero attached hydrogens (tertiary/aromatic N) is 2. The van der Waals surface area contributed by atoms with Crippen LogP contribution in [0.4, 0.5) is 0 Å². The molecule has 146 valence electrons. The number of rotatable bonds is 6. The molecule has 0 aliphatic carbocycles. The molecule has 0 aromatic heterocycles. The molecule has 0 spiro atoms. The first-order chi connectivity index (χ1) is 13.8. The van der Waals surface area contributed by atoms with Crippen molar-refractivity contribution in [2.45, 2.75) is 28.0 Å². The second-order valence-corrected chi connectivity index (χ2v) is 12.2. The zero-order valence-electron chi connectivity index (χ0n) is 15.0. The number of nitrogens with one attached hydrogen (secondary N) is 2. The highest BCUT2D eigenvalue weighted by Gasteiger charge is 2.24. The van der Waals surface area contributed by atoms with Gasteiger partial charge in [0.1, 0.15) is 9.75 Å². The van der Waals surface area contributed by atoms with Gasteiger partial charge in [-0.1, -0.05) is 72.4 Å². The van der Waals surface area contributed by atoms with Crippen molar-refractivity contribution in [3.63, 3.8) is 0 Å². The molecule has 28 heavy (non-hydrogen) atoms. The Morgan fingerprint density at radius 2 is 1.50 bits per heavy atom. The highest BCUT2D eigenvalue weighted by Crippen LogP contribution is 2.40. The van der Waals surface area contributed by atoms with Crippen LogP contribution in [0, 0.1) is 0 Å². The maximum absolute atomic E-state index is 4.48. The summed E-state index contributed by atoms with van der Waals surface area (Å²) in [5.41, 5.74) is 9.17. The molecular weight excluding hydrogens is 445 g/mol. The van der Waals surface area contributed by atoms with Gasteiger partial charge in [-0.15, -0.1) is 23.5 Å². The molecule has 2 aliphatic heterocycles. The van der Waals surface area contributed by atoms with Crippen LogP contribution >= 0.6 is 56.9 Å². The third kappa shape index (κ3) is 6.32. The van der Waals surface area contributed by atoms with Gasteiger partial charge >= 0.3 is 0 Å². The van der Waals surface area contributed by atoms with Gasteiger partial charge in [0.15, 0.2) is 4.38 Å². The molecule has 4 nitrogen and oxygen atoms in total. The van der Waals surface area contributed by atoms with Crippen LogP contribution in [0.15, 0.2) is 70.9 Å². The van der Waals surface area contributed by atoms with E-state index in [-0.39, 0.29) is 4.71 Å². The molecule has 0 bridgehead atoms. The Labute approximate surface area is 186 Å². The molecule has 0 radical (unpaired) electrons. The minimum absolute atomic E-state index is 0.279. The minimum atomic E-state index is 0.279. The molecule has 0 saturated heterocycles. The average molecular weight is 465 g/mol. The average Bonchev–Trinajstić information content (AvgIpc) is 3.40. The van der Waals surface area contributed by atoms with E-state index in [0.29, 0.717) is 5.37 Å². The molecule has 0 saturated carbocycles. The quantitative estimate of drug-likeness (QED) is 0.527. The van der Waals surface area contributed by atoms with Crippen LogP contribution in [0.5, 0.6) is 0 Å². The van der Waals surface area contributed by atoms with Crippen LogP contribution in [0.1, 0.15) is 17.5 Å². The molecule has 2 aromatic carbocycles. The van der Waals surface area contributed by atoms with Crippen LogP contribution in [0.3, 0.4) is 0 Å². The highest BCUT2D eigenvalue weighted by molar-refractivity contribution is 8.90. The van der Waals surface area contributed by atoms with E-state index >= 15 is 0 Å². The lowest BCUT2D eigenvalue weighted by molar-refractivity contribution is 0.761. The highest BCUT2D eigenvalue weighted by atomic mass is 33.1. The summed E-state index contributed by atoms with van der Waals surface area (Å²) in [5, 5.41) is 10.4. The van der Waals surface area contributed by atoms with E-state index in [4.69, 9.17) is 0 Å². The first kappa shape index (κ1) is 20.4. The molecule has 2 heterocycles. The van der Waals surface area contributed by atoms with Crippen LogP contribution < -0.4 is 10.9 Å². The number of hydrogen-bond donors (Lipinski definition) is 2. The number of benzene rings is 2. The van der Waals surface area contributed by atoms with Gasteiger partial charge in [0.2, 0.25) is 0 Å². The van der Waals surface area contributed by atoms with Crippen molar-refractivity contribution >= 4 is 66.3 Å². The van der Waals surface area contributed by atoms with Crippen LogP contribution in [-0.2, 0) is 11.5 Å². The van der Waals surface area contributed by atoms with Crippen molar-refractivity contribution in [1.29, 1.82) is 0 Å². The van der Waals surface area contributed by atoms with Crippen molar-refractivity contribution in [1.82, 2.24) is 10.9 Å². The van der Waals surface area contributed by atoms with Crippen LogP contribution in [0.2, 0.25) is 0 Å². The normalized spacial score (nSPS) is 21.0. The van der Waals surface area contributed by atoms with Crippen LogP contribution in [-0.4, -0.2) is 19.5 Å². The zero-order chi connectivity index (χ0) is 19.0. The van der Waals surface area contributed by atoms with Crippen molar-refractivity contribution < 1.29 is 0 Å². The van der Waals surface area contributed by atoms with E-state index in [2.05, 4.69) is 81.7 Å².